The second kappa shape index (κ2) is 71.3. The molecule has 0 aromatic rings. The summed E-state index contributed by atoms with van der Waals surface area (Å²) >= 11 is 0. The molecule has 0 aromatic heterocycles. The van der Waals surface area contributed by atoms with Crippen molar-refractivity contribution in [3.8, 4) is 0 Å². The quantitative estimate of drug-likeness (QED) is 0.0222. The molecule has 0 aromatic carbocycles. The molecule has 0 aliphatic heterocycles. The fraction of sp³-hybridized carbons (Fsp3) is 0.951. The number of hydrogen-bond acceptors (Lipinski definition) is 15. The maximum atomic E-state index is 13.1. The number of carbonyl (C=O) groups is 4. The maximum absolute atomic E-state index is 13.1. The van der Waals surface area contributed by atoms with E-state index in [1.165, 1.54) is 231 Å². The highest BCUT2D eigenvalue weighted by atomic mass is 31.2. The normalized spacial score (nSPS) is 14.0. The highest BCUT2D eigenvalue weighted by molar-refractivity contribution is 7.47. The lowest BCUT2D eigenvalue weighted by molar-refractivity contribution is -0.161. The number of phosphoric ester groups is 2. The third-order valence-electron chi connectivity index (χ3n) is 18.9. The Hall–Kier alpha value is -1.94. The maximum Gasteiger partial charge on any atom is 0.472 e. The van der Waals surface area contributed by atoms with E-state index in [4.69, 9.17) is 37.0 Å². The van der Waals surface area contributed by atoms with Gasteiger partial charge in [0.2, 0.25) is 0 Å². The second-order valence-electron chi connectivity index (χ2n) is 30.6. The number of unbranched alkanes of at least 4 members (excludes halogenated alkanes) is 47. The molecule has 2 unspecified atom stereocenters. The lowest BCUT2D eigenvalue weighted by Crippen LogP contribution is -2.30. The Kier molecular flexibility index (Phi) is 69.9. The monoisotopic (exact) mass is 1470 g/mol. The molecule has 0 rings (SSSR count). The highest BCUT2D eigenvalue weighted by Crippen LogP contribution is 2.45. The van der Waals surface area contributed by atoms with Crippen LogP contribution in [0.5, 0.6) is 0 Å². The van der Waals surface area contributed by atoms with Gasteiger partial charge in [-0.05, 0) is 43.4 Å². The first-order valence-corrected chi connectivity index (χ1v) is 44.8. The summed E-state index contributed by atoms with van der Waals surface area (Å²) in [4.78, 5) is 73.0. The van der Waals surface area contributed by atoms with Crippen molar-refractivity contribution >= 4 is 39.5 Å². The fourth-order valence-corrected chi connectivity index (χ4v) is 14.1. The molecular weight excluding hydrogens is 1310 g/mol. The molecule has 0 radical (unpaired) electrons. The summed E-state index contributed by atoms with van der Waals surface area (Å²) in [6.45, 7) is 12.0. The summed E-state index contributed by atoms with van der Waals surface area (Å²) in [5, 5.41) is 10.6. The van der Waals surface area contributed by atoms with E-state index in [0.717, 1.165) is 108 Å². The van der Waals surface area contributed by atoms with Crippen molar-refractivity contribution in [2.75, 3.05) is 39.6 Å². The Morgan fingerprint density at radius 1 is 0.270 bits per heavy atom. The van der Waals surface area contributed by atoms with Gasteiger partial charge in [-0.2, -0.15) is 0 Å². The van der Waals surface area contributed by atoms with Crippen molar-refractivity contribution in [2.45, 2.75) is 439 Å². The van der Waals surface area contributed by atoms with Crippen LogP contribution < -0.4 is 0 Å². The lowest BCUT2D eigenvalue weighted by Gasteiger charge is -2.21. The topological polar surface area (TPSA) is 237 Å². The summed E-state index contributed by atoms with van der Waals surface area (Å²) in [6, 6.07) is 0. The van der Waals surface area contributed by atoms with E-state index in [1.54, 1.807) is 0 Å². The fourth-order valence-electron chi connectivity index (χ4n) is 12.5. The van der Waals surface area contributed by atoms with Crippen LogP contribution in [0.2, 0.25) is 0 Å². The molecule has 5 atom stereocenters. The van der Waals surface area contributed by atoms with E-state index in [1.807, 2.05) is 0 Å². The predicted molar refractivity (Wildman–Crippen MR) is 409 cm³/mol. The largest absolute Gasteiger partial charge is 0.472 e. The number of aliphatic hydroxyl groups is 1. The van der Waals surface area contributed by atoms with Gasteiger partial charge in [0.05, 0.1) is 26.4 Å². The molecule has 0 saturated heterocycles. The van der Waals surface area contributed by atoms with E-state index >= 15 is 0 Å². The first-order chi connectivity index (χ1) is 48.2. The Labute approximate surface area is 613 Å². The van der Waals surface area contributed by atoms with Crippen LogP contribution in [0.25, 0.3) is 0 Å². The zero-order valence-corrected chi connectivity index (χ0v) is 67.5. The number of rotatable bonds is 79. The third-order valence-corrected chi connectivity index (χ3v) is 20.8. The predicted octanol–water partition coefficient (Wildman–Crippen LogP) is 24.1. The van der Waals surface area contributed by atoms with Gasteiger partial charge in [-0.1, -0.05) is 370 Å². The van der Waals surface area contributed by atoms with E-state index < -0.39 is 97.5 Å². The first-order valence-electron chi connectivity index (χ1n) is 41.8. The second-order valence-corrected chi connectivity index (χ2v) is 33.5. The molecule has 0 spiro atoms. The molecule has 0 fully saturated rings. The summed E-state index contributed by atoms with van der Waals surface area (Å²) < 4.78 is 68.7. The summed E-state index contributed by atoms with van der Waals surface area (Å²) in [5.74, 6) is 0.275. The third kappa shape index (κ3) is 74.3. The van der Waals surface area contributed by atoms with Crippen LogP contribution in [0, 0.1) is 17.8 Å². The first kappa shape index (κ1) is 98.1. The van der Waals surface area contributed by atoms with Crippen molar-refractivity contribution in [3.63, 3.8) is 0 Å². The number of hydrogen-bond donors (Lipinski definition) is 3. The Bertz CT molecular complexity index is 1940. The number of carbonyl (C=O) groups excluding carboxylic acids is 4. The Morgan fingerprint density at radius 3 is 0.680 bits per heavy atom. The van der Waals surface area contributed by atoms with Gasteiger partial charge in [0.15, 0.2) is 12.2 Å². The van der Waals surface area contributed by atoms with Crippen molar-refractivity contribution in [3.05, 3.63) is 0 Å². The van der Waals surface area contributed by atoms with Gasteiger partial charge in [0.1, 0.15) is 19.3 Å². The van der Waals surface area contributed by atoms with E-state index in [-0.39, 0.29) is 25.7 Å². The van der Waals surface area contributed by atoms with Crippen molar-refractivity contribution in [1.82, 2.24) is 0 Å². The summed E-state index contributed by atoms with van der Waals surface area (Å²) in [6.07, 6.45) is 59.6. The highest BCUT2D eigenvalue weighted by Gasteiger charge is 2.30. The zero-order chi connectivity index (χ0) is 73.7. The standard InChI is InChI=1S/C81H158O17P2/c1-8-9-10-11-12-31-41-48-55-62-78(83)91-68-76(97-81(86)65-58-51-44-37-30-24-23-27-34-40-47-54-61-74(6)7)70-95-99(87,88)93-66-75(82)67-94-100(89,90)96-71-77(98-80(85)64-57-50-43-36-29-22-18-14-16-20-26-33-39-46-53-60-73(4)5)69-92-79(84)63-56-49-42-35-28-21-17-13-15-19-25-32-38-45-52-59-72(2)3/h72-77,82H,8-71H2,1-7H3,(H,87,88)(H,89,90)/t75-,76+,77+/m0/s1. The molecule has 0 heterocycles. The number of esters is 4. The molecule has 0 bridgehead atoms. The number of aliphatic hydroxyl groups excluding tert-OH is 1. The Morgan fingerprint density at radius 2 is 0.460 bits per heavy atom. The van der Waals surface area contributed by atoms with Crippen LogP contribution in [0.4, 0.5) is 0 Å². The van der Waals surface area contributed by atoms with Crippen molar-refractivity contribution in [1.29, 1.82) is 0 Å². The van der Waals surface area contributed by atoms with Gasteiger partial charge in [0, 0.05) is 25.7 Å². The molecule has 0 aliphatic rings. The minimum atomic E-state index is -4.96. The minimum absolute atomic E-state index is 0.107. The van der Waals surface area contributed by atoms with Gasteiger partial charge in [0.25, 0.3) is 0 Å². The van der Waals surface area contributed by atoms with E-state index in [9.17, 15) is 43.2 Å². The van der Waals surface area contributed by atoms with Crippen molar-refractivity contribution < 1.29 is 80.2 Å². The van der Waals surface area contributed by atoms with Crippen LogP contribution in [0.3, 0.4) is 0 Å². The van der Waals surface area contributed by atoms with Crippen LogP contribution >= 0.6 is 15.6 Å². The van der Waals surface area contributed by atoms with Gasteiger partial charge >= 0.3 is 39.5 Å². The molecule has 0 saturated carbocycles. The van der Waals surface area contributed by atoms with Gasteiger partial charge in [-0.25, -0.2) is 9.13 Å². The molecule has 100 heavy (non-hydrogen) atoms. The number of phosphoric acid groups is 2. The van der Waals surface area contributed by atoms with Crippen LogP contribution in [-0.4, -0.2) is 96.7 Å². The number of ether oxygens (including phenoxy) is 4. The van der Waals surface area contributed by atoms with Crippen LogP contribution in [-0.2, 0) is 65.4 Å². The van der Waals surface area contributed by atoms with Crippen molar-refractivity contribution in [2.24, 2.45) is 17.8 Å². The molecule has 594 valence electrons. The molecule has 0 aliphatic carbocycles. The van der Waals surface area contributed by atoms with Crippen LogP contribution in [0.1, 0.15) is 421 Å². The zero-order valence-electron chi connectivity index (χ0n) is 65.7. The molecule has 19 heteroatoms. The van der Waals surface area contributed by atoms with Crippen LogP contribution in [0.15, 0.2) is 0 Å². The summed E-state index contributed by atoms with van der Waals surface area (Å²) in [7, 11) is -9.92. The van der Waals surface area contributed by atoms with E-state index in [0.29, 0.717) is 25.7 Å². The average molecular weight is 1470 g/mol. The smallest absolute Gasteiger partial charge is 0.462 e. The van der Waals surface area contributed by atoms with Gasteiger partial charge in [-0.3, -0.25) is 37.3 Å². The lowest BCUT2D eigenvalue weighted by atomic mass is 10.0. The van der Waals surface area contributed by atoms with E-state index in [2.05, 4.69) is 48.5 Å². The average Bonchev–Trinajstić information content (AvgIpc) is 0.928. The minimum Gasteiger partial charge on any atom is -0.462 e. The SMILES string of the molecule is CCCCCCCCCCCC(=O)OC[C@H](COP(=O)(O)OC[C@H](O)COP(=O)(O)OC[C@@H](COC(=O)CCCCCCCCCCCCCCCCCC(C)C)OC(=O)CCCCCCCCCCCCCCCCCC(C)C)OC(=O)CCCCCCCCCCCCCCC(C)C. The molecule has 3 N–H and O–H groups in total. The molecule has 0 amide bonds. The van der Waals surface area contributed by atoms with Gasteiger partial charge in [-0.15, -0.1) is 0 Å². The summed E-state index contributed by atoms with van der Waals surface area (Å²) in [5.41, 5.74) is 0. The van der Waals surface area contributed by atoms with Gasteiger partial charge < -0.3 is 33.8 Å². The molecule has 17 nitrogen and oxygen atoms in total. The Balaban J connectivity index is 5.23. The molecular formula is C81H158O17P2.